The van der Waals surface area contributed by atoms with Crippen molar-refractivity contribution in [3.63, 3.8) is 0 Å². The zero-order chi connectivity index (χ0) is 18.1. The van der Waals surface area contributed by atoms with Crippen LogP contribution in [0.15, 0.2) is 37.8 Å². The highest BCUT2D eigenvalue weighted by Gasteiger charge is 2.38. The third-order valence-electron chi connectivity index (χ3n) is 3.95. The van der Waals surface area contributed by atoms with E-state index in [4.69, 9.17) is 9.15 Å². The van der Waals surface area contributed by atoms with Gasteiger partial charge in [-0.15, -0.1) is 0 Å². The van der Waals surface area contributed by atoms with E-state index in [0.29, 0.717) is 39.3 Å². The fourth-order valence-corrected chi connectivity index (χ4v) is 3.50. The fourth-order valence-electron chi connectivity index (χ4n) is 2.91. The Morgan fingerprint density at radius 3 is 2.76 bits per heavy atom. The minimum absolute atomic E-state index is 0.304. The summed E-state index contributed by atoms with van der Waals surface area (Å²) < 4.78 is 10.7. The van der Waals surface area contributed by atoms with E-state index in [1.165, 1.54) is 18.9 Å². The lowest BCUT2D eigenvalue weighted by Crippen LogP contribution is -2.30. The molecule has 0 unspecified atom stereocenters. The number of hydrogen-bond acceptors (Lipinski definition) is 7. The average Bonchev–Trinajstić information content (AvgIpc) is 2.99. The van der Waals surface area contributed by atoms with Gasteiger partial charge in [-0.1, -0.05) is 18.7 Å². The monoisotopic (exact) mass is 361 g/mol. The van der Waals surface area contributed by atoms with Crippen molar-refractivity contribution < 1.29 is 13.9 Å². The van der Waals surface area contributed by atoms with Crippen molar-refractivity contribution in [2.45, 2.75) is 31.8 Å². The summed E-state index contributed by atoms with van der Waals surface area (Å²) in [6, 6.07) is 3.56. The van der Waals surface area contributed by atoms with Gasteiger partial charge in [0.25, 0.3) is 5.56 Å². The first-order valence-electron chi connectivity index (χ1n) is 7.85. The third-order valence-corrected chi connectivity index (χ3v) is 4.71. The second kappa shape index (κ2) is 6.79. The van der Waals surface area contributed by atoms with E-state index in [2.05, 4.69) is 15.3 Å². The lowest BCUT2D eigenvalue weighted by atomic mass is 9.86. The van der Waals surface area contributed by atoms with Gasteiger partial charge in [0, 0.05) is 5.70 Å². The fraction of sp³-hybridized carbons (Fsp3) is 0.353. The van der Waals surface area contributed by atoms with Gasteiger partial charge in [-0.3, -0.25) is 4.79 Å². The van der Waals surface area contributed by atoms with Crippen LogP contribution in [0.3, 0.4) is 0 Å². The Kier molecular flexibility index (Phi) is 4.71. The maximum atomic E-state index is 12.7. The van der Waals surface area contributed by atoms with E-state index in [0.717, 1.165) is 5.75 Å². The quantitative estimate of drug-likeness (QED) is 0.491. The Bertz CT molecular complexity index is 913. The summed E-state index contributed by atoms with van der Waals surface area (Å²) >= 11 is 1.44. The molecule has 0 bridgehead atoms. The second-order valence-electron chi connectivity index (χ2n) is 5.60. The number of nitrogens with one attached hydrogen (secondary N) is 2. The number of furan rings is 1. The third kappa shape index (κ3) is 3.09. The summed E-state index contributed by atoms with van der Waals surface area (Å²) in [5, 5.41) is 3.59. The molecule has 2 aromatic rings. The number of anilines is 1. The van der Waals surface area contributed by atoms with Crippen molar-refractivity contribution in [1.29, 1.82) is 0 Å². The molecule has 0 amide bonds. The number of thioether (sulfide) groups is 1. The molecule has 0 saturated carbocycles. The molecule has 0 aliphatic carbocycles. The molecule has 8 heteroatoms. The van der Waals surface area contributed by atoms with Gasteiger partial charge in [-0.2, -0.15) is 0 Å². The molecular weight excluding hydrogens is 342 g/mol. The highest BCUT2D eigenvalue weighted by atomic mass is 32.2. The number of hydrogen-bond donors (Lipinski definition) is 2. The number of H-pyrrole nitrogens is 1. The molecule has 0 aromatic carbocycles. The summed E-state index contributed by atoms with van der Waals surface area (Å²) in [6.45, 7) is 5.54. The molecule has 3 rings (SSSR count). The topological polar surface area (TPSA) is 97.2 Å². The van der Waals surface area contributed by atoms with Crippen LogP contribution in [0.25, 0.3) is 0 Å². The summed E-state index contributed by atoms with van der Waals surface area (Å²) in [7, 11) is 1.31. The van der Waals surface area contributed by atoms with E-state index in [1.54, 1.807) is 19.1 Å². The number of allylic oxidation sites excluding steroid dienone is 1. The number of aryl methyl sites for hydroxylation is 1. The van der Waals surface area contributed by atoms with Crippen molar-refractivity contribution >= 4 is 23.5 Å². The van der Waals surface area contributed by atoms with Crippen LogP contribution >= 0.6 is 11.8 Å². The van der Waals surface area contributed by atoms with E-state index in [1.807, 2.05) is 13.8 Å². The molecule has 0 saturated heterocycles. The average molecular weight is 361 g/mol. The van der Waals surface area contributed by atoms with Crippen LogP contribution in [0.5, 0.6) is 0 Å². The zero-order valence-electron chi connectivity index (χ0n) is 14.4. The molecule has 0 fully saturated rings. The number of carbonyl (C=O) groups is 1. The maximum absolute atomic E-state index is 12.7. The van der Waals surface area contributed by atoms with Crippen LogP contribution in [0.1, 0.15) is 36.8 Å². The molecule has 0 radical (unpaired) electrons. The standard InChI is InChI=1S/C17H19N3O4S/c1-5-25-17-19-14-13(15(21)20-17)12(10-7-6-8(2)24-10)11(9(3)18-14)16(22)23-4/h6-7,12H,5H2,1-4H3,(H2,18,19,20,21)/t12-/m1/s1. The number of nitrogens with zero attached hydrogens (tertiary/aromatic N) is 1. The lowest BCUT2D eigenvalue weighted by molar-refractivity contribution is -0.136. The van der Waals surface area contributed by atoms with Crippen molar-refractivity contribution in [2.75, 3.05) is 18.2 Å². The second-order valence-corrected chi connectivity index (χ2v) is 6.86. The van der Waals surface area contributed by atoms with Gasteiger partial charge in [0.1, 0.15) is 17.3 Å². The molecule has 1 aliphatic rings. The predicted molar refractivity (Wildman–Crippen MR) is 94.9 cm³/mol. The van der Waals surface area contributed by atoms with Gasteiger partial charge >= 0.3 is 5.97 Å². The first-order valence-corrected chi connectivity index (χ1v) is 8.84. The number of ether oxygens (including phenoxy) is 1. The van der Waals surface area contributed by atoms with Gasteiger partial charge in [0.05, 0.1) is 24.2 Å². The van der Waals surface area contributed by atoms with E-state index in [9.17, 15) is 9.59 Å². The van der Waals surface area contributed by atoms with Crippen LogP contribution < -0.4 is 10.9 Å². The summed E-state index contributed by atoms with van der Waals surface area (Å²) in [4.78, 5) is 32.4. The molecule has 0 spiro atoms. The van der Waals surface area contributed by atoms with Gasteiger partial charge in [-0.05, 0) is 31.7 Å². The van der Waals surface area contributed by atoms with Crippen LogP contribution in [0, 0.1) is 6.92 Å². The Labute approximate surface area is 148 Å². The maximum Gasteiger partial charge on any atom is 0.336 e. The largest absolute Gasteiger partial charge is 0.466 e. The van der Waals surface area contributed by atoms with Gasteiger partial charge in [0.15, 0.2) is 5.16 Å². The van der Waals surface area contributed by atoms with Crippen molar-refractivity contribution in [3.05, 3.63) is 50.8 Å². The molecule has 1 aliphatic heterocycles. The number of rotatable bonds is 4. The van der Waals surface area contributed by atoms with Crippen LogP contribution in [-0.4, -0.2) is 28.8 Å². The first kappa shape index (κ1) is 17.3. The molecule has 7 nitrogen and oxygen atoms in total. The minimum atomic E-state index is -0.672. The lowest BCUT2D eigenvalue weighted by Gasteiger charge is -2.27. The zero-order valence-corrected chi connectivity index (χ0v) is 15.2. The number of aromatic amines is 1. The minimum Gasteiger partial charge on any atom is -0.466 e. The Hall–Kier alpha value is -2.48. The van der Waals surface area contributed by atoms with Crippen LogP contribution in [0.4, 0.5) is 5.82 Å². The predicted octanol–water partition coefficient (Wildman–Crippen LogP) is 2.79. The number of methoxy groups -OCH3 is 1. The van der Waals surface area contributed by atoms with Crippen LogP contribution in [0.2, 0.25) is 0 Å². The summed E-state index contributed by atoms with van der Waals surface area (Å²) in [6.07, 6.45) is 0. The number of carbonyl (C=O) groups excluding carboxylic acids is 1. The molecule has 2 N–H and O–H groups in total. The Morgan fingerprint density at radius 1 is 1.40 bits per heavy atom. The van der Waals surface area contributed by atoms with Crippen molar-refractivity contribution in [3.8, 4) is 0 Å². The Balaban J connectivity index is 2.24. The molecule has 2 aromatic heterocycles. The number of aromatic nitrogens is 2. The normalized spacial score (nSPS) is 16.4. The van der Waals surface area contributed by atoms with Gasteiger partial charge in [-0.25, -0.2) is 9.78 Å². The number of esters is 1. The van der Waals surface area contributed by atoms with Crippen molar-refractivity contribution in [1.82, 2.24) is 9.97 Å². The van der Waals surface area contributed by atoms with Crippen molar-refractivity contribution in [2.24, 2.45) is 0 Å². The summed E-state index contributed by atoms with van der Waals surface area (Å²) in [5.74, 6) is 1.23. The first-order chi connectivity index (χ1) is 12.0. The highest BCUT2D eigenvalue weighted by molar-refractivity contribution is 7.99. The molecule has 132 valence electrons. The molecule has 3 heterocycles. The Morgan fingerprint density at radius 2 is 2.16 bits per heavy atom. The van der Waals surface area contributed by atoms with Gasteiger partial charge in [0.2, 0.25) is 0 Å². The SMILES string of the molecule is CCSc1nc2c(c(=O)[nH]1)[C@H](c1ccc(C)o1)C(C(=O)OC)=C(C)N2. The summed E-state index contributed by atoms with van der Waals surface area (Å²) in [5.41, 5.74) is 0.971. The molecule has 1 atom stereocenters. The van der Waals surface area contributed by atoms with Crippen LogP contribution in [-0.2, 0) is 9.53 Å². The van der Waals surface area contributed by atoms with E-state index >= 15 is 0 Å². The molecule has 25 heavy (non-hydrogen) atoms. The van der Waals surface area contributed by atoms with Gasteiger partial charge < -0.3 is 19.5 Å². The highest BCUT2D eigenvalue weighted by Crippen LogP contribution is 2.40. The smallest absolute Gasteiger partial charge is 0.336 e. The van der Waals surface area contributed by atoms with E-state index < -0.39 is 11.9 Å². The number of fused-ring (bicyclic) bond motifs is 1. The molecular formula is C17H19N3O4S. The van der Waals surface area contributed by atoms with E-state index in [-0.39, 0.29) is 5.56 Å².